The number of thiophene rings is 1. The molecule has 1 aromatic heterocycles. The van der Waals surface area contributed by atoms with Crippen molar-refractivity contribution in [3.63, 3.8) is 0 Å². The van der Waals surface area contributed by atoms with Crippen molar-refractivity contribution in [1.82, 2.24) is 9.80 Å². The molecular weight excluding hydrogens is 386 g/mol. The van der Waals surface area contributed by atoms with Gasteiger partial charge in [0.2, 0.25) is 0 Å². The highest BCUT2D eigenvalue weighted by molar-refractivity contribution is 7.17. The van der Waals surface area contributed by atoms with E-state index < -0.39 is 4.92 Å². The lowest BCUT2D eigenvalue weighted by atomic mass is 10.0. The predicted molar refractivity (Wildman–Crippen MR) is 110 cm³/mol. The van der Waals surface area contributed by atoms with Crippen molar-refractivity contribution in [2.45, 2.75) is 25.3 Å². The quantitative estimate of drug-likeness (QED) is 0.536. The van der Waals surface area contributed by atoms with E-state index >= 15 is 0 Å². The number of halogens is 1. The third kappa shape index (κ3) is 5.51. The van der Waals surface area contributed by atoms with Crippen LogP contribution in [0.4, 0.5) is 5.00 Å². The molecule has 1 saturated heterocycles. The van der Waals surface area contributed by atoms with Gasteiger partial charge in [-0.3, -0.25) is 14.9 Å². The topological polar surface area (TPSA) is 66.7 Å². The molecular formula is C19H24ClN3O3S. The lowest BCUT2D eigenvalue weighted by molar-refractivity contribution is -0.380. The highest BCUT2D eigenvalue weighted by Gasteiger charge is 2.27. The first kappa shape index (κ1) is 21.3. The zero-order chi connectivity index (χ0) is 18.5. The summed E-state index contributed by atoms with van der Waals surface area (Å²) in [6.07, 6.45) is 2.89. The number of carbonyl (C=O) groups is 1. The molecule has 2 heterocycles. The summed E-state index contributed by atoms with van der Waals surface area (Å²) in [5.74, 6) is -0.0894. The van der Waals surface area contributed by atoms with E-state index in [9.17, 15) is 14.9 Å². The largest absolute Gasteiger partial charge is 0.338 e. The minimum absolute atomic E-state index is 0. The van der Waals surface area contributed by atoms with Crippen LogP contribution in [0.25, 0.3) is 0 Å². The van der Waals surface area contributed by atoms with Crippen LogP contribution in [0.15, 0.2) is 42.5 Å². The van der Waals surface area contributed by atoms with Crippen LogP contribution < -0.4 is 0 Å². The van der Waals surface area contributed by atoms with Crippen LogP contribution in [0.5, 0.6) is 0 Å². The molecule has 1 aliphatic rings. The Bertz CT molecular complexity index is 761. The molecule has 146 valence electrons. The van der Waals surface area contributed by atoms with Crippen molar-refractivity contribution in [2.24, 2.45) is 0 Å². The zero-order valence-corrected chi connectivity index (χ0v) is 16.9. The van der Waals surface area contributed by atoms with Crippen LogP contribution in [0.2, 0.25) is 0 Å². The summed E-state index contributed by atoms with van der Waals surface area (Å²) >= 11 is 0.955. The Morgan fingerprint density at radius 2 is 1.89 bits per heavy atom. The number of piperidine rings is 1. The molecule has 0 N–H and O–H groups in total. The van der Waals surface area contributed by atoms with Crippen molar-refractivity contribution in [1.29, 1.82) is 0 Å². The van der Waals surface area contributed by atoms with Gasteiger partial charge in [-0.05, 0) is 37.9 Å². The molecule has 1 aromatic carbocycles. The first-order valence-corrected chi connectivity index (χ1v) is 9.64. The molecule has 0 bridgehead atoms. The Hall–Kier alpha value is -1.96. The van der Waals surface area contributed by atoms with Gasteiger partial charge >= 0.3 is 5.00 Å². The van der Waals surface area contributed by atoms with E-state index in [1.807, 2.05) is 11.0 Å². The number of rotatable bonds is 6. The normalized spacial score (nSPS) is 14.8. The number of benzene rings is 1. The van der Waals surface area contributed by atoms with Crippen LogP contribution in [0.1, 0.15) is 28.1 Å². The van der Waals surface area contributed by atoms with E-state index in [0.29, 0.717) is 24.0 Å². The first-order valence-electron chi connectivity index (χ1n) is 8.82. The summed E-state index contributed by atoms with van der Waals surface area (Å²) in [6.45, 7) is 2.40. The highest BCUT2D eigenvalue weighted by Crippen LogP contribution is 2.26. The van der Waals surface area contributed by atoms with Crippen LogP contribution in [-0.4, -0.2) is 53.4 Å². The maximum absolute atomic E-state index is 12.5. The van der Waals surface area contributed by atoms with Crippen molar-refractivity contribution in [3.05, 3.63) is 63.0 Å². The Balaban J connectivity index is 0.00000261. The van der Waals surface area contributed by atoms with E-state index in [1.54, 1.807) is 6.07 Å². The molecule has 0 aliphatic carbocycles. The monoisotopic (exact) mass is 409 g/mol. The molecule has 0 spiro atoms. The minimum atomic E-state index is -0.449. The molecule has 0 atom stereocenters. The second-order valence-corrected chi connectivity index (χ2v) is 7.70. The SMILES string of the molecule is CN(CCc1ccccc1)C1CCN(C(=O)c2ccc([N+](=O)[O-])s2)CC1.Cl. The zero-order valence-electron chi connectivity index (χ0n) is 15.2. The number of nitrogens with zero attached hydrogens (tertiary/aromatic N) is 3. The summed E-state index contributed by atoms with van der Waals surface area (Å²) in [6, 6.07) is 13.9. The van der Waals surface area contributed by atoms with Crippen LogP contribution in [-0.2, 0) is 6.42 Å². The third-order valence-electron chi connectivity index (χ3n) is 4.95. The Morgan fingerprint density at radius 1 is 1.22 bits per heavy atom. The number of hydrogen-bond donors (Lipinski definition) is 0. The molecule has 0 radical (unpaired) electrons. The standard InChI is InChI=1S/C19H23N3O3S.ClH/c1-20(12-9-15-5-3-2-4-6-15)16-10-13-21(14-11-16)19(23)17-7-8-18(26-17)22(24)25;/h2-8,16H,9-14H2,1H3;1H. The van der Waals surface area contributed by atoms with Crippen molar-refractivity contribution >= 4 is 34.7 Å². The van der Waals surface area contributed by atoms with Crippen LogP contribution >= 0.6 is 23.7 Å². The fourth-order valence-electron chi connectivity index (χ4n) is 3.34. The van der Waals surface area contributed by atoms with Gasteiger partial charge in [-0.25, -0.2) is 0 Å². The molecule has 8 heteroatoms. The summed E-state index contributed by atoms with van der Waals surface area (Å²) in [5.41, 5.74) is 1.34. The smallest absolute Gasteiger partial charge is 0.324 e. The fraction of sp³-hybridized carbons (Fsp3) is 0.421. The van der Waals surface area contributed by atoms with Gasteiger partial charge in [0.05, 0.1) is 9.80 Å². The van der Waals surface area contributed by atoms with Crippen molar-refractivity contribution in [3.8, 4) is 0 Å². The van der Waals surface area contributed by atoms with E-state index in [-0.39, 0.29) is 23.3 Å². The second-order valence-electron chi connectivity index (χ2n) is 6.63. The van der Waals surface area contributed by atoms with Crippen molar-refractivity contribution < 1.29 is 9.72 Å². The number of nitro groups is 1. The molecule has 3 rings (SSSR count). The maximum Gasteiger partial charge on any atom is 0.324 e. The Morgan fingerprint density at radius 3 is 2.48 bits per heavy atom. The number of hydrogen-bond acceptors (Lipinski definition) is 5. The van der Waals surface area contributed by atoms with Crippen LogP contribution in [0, 0.1) is 10.1 Å². The number of likely N-dealkylation sites (N-methyl/N-ethyl adjacent to an activating group) is 1. The maximum atomic E-state index is 12.5. The summed E-state index contributed by atoms with van der Waals surface area (Å²) in [4.78, 5) is 27.5. The fourth-order valence-corrected chi connectivity index (χ4v) is 4.13. The molecule has 0 unspecified atom stereocenters. The van der Waals surface area contributed by atoms with Gasteiger partial charge in [-0.15, -0.1) is 12.4 Å². The van der Waals surface area contributed by atoms with Crippen molar-refractivity contribution in [2.75, 3.05) is 26.7 Å². The number of amides is 1. The first-order chi connectivity index (χ1) is 12.5. The third-order valence-corrected chi connectivity index (χ3v) is 5.98. The molecule has 0 saturated carbocycles. The van der Waals surface area contributed by atoms with Gasteiger partial charge in [0.1, 0.15) is 0 Å². The van der Waals surface area contributed by atoms with Gasteiger partial charge in [-0.2, -0.15) is 0 Å². The average molecular weight is 410 g/mol. The second kappa shape index (κ2) is 9.82. The molecule has 6 nitrogen and oxygen atoms in total. The predicted octanol–water partition coefficient (Wildman–Crippen LogP) is 3.86. The molecule has 1 fully saturated rings. The Kier molecular flexibility index (Phi) is 7.77. The lowest BCUT2D eigenvalue weighted by Gasteiger charge is -2.36. The molecule has 2 aromatic rings. The summed E-state index contributed by atoms with van der Waals surface area (Å²) in [5, 5.41) is 10.8. The van der Waals surface area contributed by atoms with E-state index in [4.69, 9.17) is 0 Å². The molecule has 1 amide bonds. The van der Waals surface area contributed by atoms with E-state index in [0.717, 1.165) is 37.1 Å². The Labute approximate surface area is 169 Å². The average Bonchev–Trinajstić information content (AvgIpc) is 3.17. The van der Waals surface area contributed by atoms with E-state index in [1.165, 1.54) is 11.6 Å². The number of carbonyl (C=O) groups excluding carboxylic acids is 1. The summed E-state index contributed by atoms with van der Waals surface area (Å²) in [7, 11) is 2.15. The van der Waals surface area contributed by atoms with Crippen LogP contribution in [0.3, 0.4) is 0 Å². The van der Waals surface area contributed by atoms with Gasteiger partial charge in [0, 0.05) is 31.7 Å². The molecule has 27 heavy (non-hydrogen) atoms. The van der Waals surface area contributed by atoms with Gasteiger partial charge < -0.3 is 9.80 Å². The van der Waals surface area contributed by atoms with Gasteiger partial charge in [0.15, 0.2) is 0 Å². The minimum Gasteiger partial charge on any atom is -0.338 e. The lowest BCUT2D eigenvalue weighted by Crippen LogP contribution is -2.45. The van der Waals surface area contributed by atoms with Gasteiger partial charge in [-0.1, -0.05) is 41.7 Å². The van der Waals surface area contributed by atoms with Gasteiger partial charge in [0.25, 0.3) is 5.91 Å². The highest BCUT2D eigenvalue weighted by atomic mass is 35.5. The molecule has 1 aliphatic heterocycles. The summed E-state index contributed by atoms with van der Waals surface area (Å²) < 4.78 is 0. The van der Waals surface area contributed by atoms with E-state index in [2.05, 4.69) is 36.2 Å². The number of likely N-dealkylation sites (tertiary alicyclic amines) is 1.